The van der Waals surface area contributed by atoms with Gasteiger partial charge in [-0.15, -0.1) is 0 Å². The summed E-state index contributed by atoms with van der Waals surface area (Å²) >= 11 is 5.85. The summed E-state index contributed by atoms with van der Waals surface area (Å²) in [5.41, 5.74) is 3.18. The monoisotopic (exact) mass is 246 g/mol. The predicted molar refractivity (Wildman–Crippen MR) is 62.6 cm³/mol. The molecule has 1 aromatic carbocycles. The van der Waals surface area contributed by atoms with E-state index in [0.29, 0.717) is 18.8 Å². The molecule has 1 rings (SSSR count). The molecule has 16 heavy (non-hydrogen) atoms. The molecule has 0 saturated carbocycles. The number of hydrazine groups is 1. The minimum absolute atomic E-state index is 0.0885. The Balaban J connectivity index is 2.74. The van der Waals surface area contributed by atoms with Crippen molar-refractivity contribution in [3.8, 4) is 0 Å². The molecule has 3 nitrogen and oxygen atoms in total. The molecule has 1 atom stereocenters. The number of nitrogens with two attached hydrogens (primary N) is 1. The first-order valence-electron chi connectivity index (χ1n) is 5.18. The molecule has 0 aliphatic heterocycles. The maximum absolute atomic E-state index is 13.2. The maximum Gasteiger partial charge on any atom is 0.142 e. The van der Waals surface area contributed by atoms with Crippen LogP contribution in [0.25, 0.3) is 0 Å². The molecule has 0 spiro atoms. The van der Waals surface area contributed by atoms with Crippen LogP contribution in [0.15, 0.2) is 18.2 Å². The van der Waals surface area contributed by atoms with E-state index in [4.69, 9.17) is 22.2 Å². The lowest BCUT2D eigenvalue weighted by molar-refractivity contribution is 0.112. The topological polar surface area (TPSA) is 47.3 Å². The van der Waals surface area contributed by atoms with Crippen LogP contribution in [0.4, 0.5) is 4.39 Å². The van der Waals surface area contributed by atoms with Crippen molar-refractivity contribution >= 4 is 11.6 Å². The van der Waals surface area contributed by atoms with E-state index in [-0.39, 0.29) is 11.1 Å². The van der Waals surface area contributed by atoms with Crippen LogP contribution >= 0.6 is 11.6 Å². The highest BCUT2D eigenvalue weighted by Crippen LogP contribution is 2.25. The lowest BCUT2D eigenvalue weighted by Crippen LogP contribution is -2.31. The van der Waals surface area contributed by atoms with Crippen LogP contribution in [0.2, 0.25) is 5.02 Å². The lowest BCUT2D eigenvalue weighted by Gasteiger charge is -2.17. The quantitative estimate of drug-likeness (QED) is 0.460. The number of hydrogen-bond acceptors (Lipinski definition) is 3. The van der Waals surface area contributed by atoms with Crippen molar-refractivity contribution in [2.75, 3.05) is 13.2 Å². The average Bonchev–Trinajstić information content (AvgIpc) is 2.29. The van der Waals surface area contributed by atoms with Crippen molar-refractivity contribution in [1.29, 1.82) is 0 Å². The molecule has 1 aromatic rings. The SMILES string of the molecule is CCCOCC(NN)c1cccc(F)c1Cl. The van der Waals surface area contributed by atoms with Crippen molar-refractivity contribution in [3.05, 3.63) is 34.6 Å². The highest BCUT2D eigenvalue weighted by molar-refractivity contribution is 6.31. The lowest BCUT2D eigenvalue weighted by atomic mass is 10.1. The van der Waals surface area contributed by atoms with Gasteiger partial charge < -0.3 is 4.74 Å². The first-order chi connectivity index (χ1) is 7.70. The molecule has 0 heterocycles. The van der Waals surface area contributed by atoms with Crippen molar-refractivity contribution < 1.29 is 9.13 Å². The van der Waals surface area contributed by atoms with E-state index in [1.807, 2.05) is 6.92 Å². The molecule has 0 bridgehead atoms. The Morgan fingerprint density at radius 3 is 2.94 bits per heavy atom. The van der Waals surface area contributed by atoms with Gasteiger partial charge in [0.1, 0.15) is 5.82 Å². The van der Waals surface area contributed by atoms with E-state index >= 15 is 0 Å². The summed E-state index contributed by atoms with van der Waals surface area (Å²) in [5.74, 6) is 4.95. The zero-order chi connectivity index (χ0) is 12.0. The number of nitrogens with one attached hydrogen (secondary N) is 1. The fourth-order valence-electron chi connectivity index (χ4n) is 1.36. The molecule has 0 radical (unpaired) electrons. The Morgan fingerprint density at radius 2 is 2.31 bits per heavy atom. The van der Waals surface area contributed by atoms with E-state index in [0.717, 1.165) is 6.42 Å². The second-order valence-corrected chi connectivity index (χ2v) is 3.82. The highest BCUT2D eigenvalue weighted by atomic mass is 35.5. The van der Waals surface area contributed by atoms with Crippen LogP contribution in [0.3, 0.4) is 0 Å². The number of benzene rings is 1. The molecule has 0 aromatic heterocycles. The summed E-state index contributed by atoms with van der Waals surface area (Å²) in [4.78, 5) is 0. The average molecular weight is 247 g/mol. The molecule has 0 aliphatic rings. The largest absolute Gasteiger partial charge is 0.379 e. The van der Waals surface area contributed by atoms with Crippen LogP contribution in [0, 0.1) is 5.82 Å². The van der Waals surface area contributed by atoms with Gasteiger partial charge in [-0.25, -0.2) is 4.39 Å². The van der Waals surface area contributed by atoms with Crippen LogP contribution in [-0.2, 0) is 4.74 Å². The summed E-state index contributed by atoms with van der Waals surface area (Å²) in [6, 6.07) is 4.34. The summed E-state index contributed by atoms with van der Waals surface area (Å²) in [6.45, 7) is 3.03. The number of halogens is 2. The Hall–Kier alpha value is -0.680. The van der Waals surface area contributed by atoms with Crippen LogP contribution in [0.5, 0.6) is 0 Å². The molecule has 90 valence electrons. The Bertz CT molecular complexity index is 336. The predicted octanol–water partition coefficient (Wildman–Crippen LogP) is 2.41. The van der Waals surface area contributed by atoms with E-state index in [1.54, 1.807) is 12.1 Å². The van der Waals surface area contributed by atoms with Crippen molar-refractivity contribution in [1.82, 2.24) is 5.43 Å². The van der Waals surface area contributed by atoms with E-state index in [9.17, 15) is 4.39 Å². The second kappa shape index (κ2) is 6.81. The van der Waals surface area contributed by atoms with Gasteiger partial charge in [-0.3, -0.25) is 11.3 Å². The van der Waals surface area contributed by atoms with Gasteiger partial charge in [0.05, 0.1) is 17.7 Å². The molecular formula is C11H16ClFN2O. The molecular weight excluding hydrogens is 231 g/mol. The van der Waals surface area contributed by atoms with E-state index in [2.05, 4.69) is 5.43 Å². The minimum atomic E-state index is -0.449. The van der Waals surface area contributed by atoms with Gasteiger partial charge in [0.25, 0.3) is 0 Å². The van der Waals surface area contributed by atoms with E-state index in [1.165, 1.54) is 6.07 Å². The van der Waals surface area contributed by atoms with Gasteiger partial charge in [0.15, 0.2) is 0 Å². The highest BCUT2D eigenvalue weighted by Gasteiger charge is 2.15. The third-order valence-electron chi connectivity index (χ3n) is 2.19. The third kappa shape index (κ3) is 3.42. The molecule has 0 amide bonds. The summed E-state index contributed by atoms with van der Waals surface area (Å²) < 4.78 is 18.6. The molecule has 0 saturated heterocycles. The van der Waals surface area contributed by atoms with Gasteiger partial charge in [0.2, 0.25) is 0 Å². The zero-order valence-electron chi connectivity index (χ0n) is 9.17. The summed E-state index contributed by atoms with van der Waals surface area (Å²) in [5, 5.41) is 0.0885. The van der Waals surface area contributed by atoms with Gasteiger partial charge in [-0.05, 0) is 18.1 Å². The normalized spacial score (nSPS) is 12.8. The van der Waals surface area contributed by atoms with Gasteiger partial charge in [-0.2, -0.15) is 0 Å². The molecule has 0 fully saturated rings. The first kappa shape index (κ1) is 13.4. The fourth-order valence-corrected chi connectivity index (χ4v) is 1.62. The minimum Gasteiger partial charge on any atom is -0.379 e. The Kier molecular flexibility index (Phi) is 5.69. The van der Waals surface area contributed by atoms with Crippen molar-refractivity contribution in [3.63, 3.8) is 0 Å². The zero-order valence-corrected chi connectivity index (χ0v) is 9.93. The number of ether oxygens (including phenoxy) is 1. The first-order valence-corrected chi connectivity index (χ1v) is 5.56. The summed E-state index contributed by atoms with van der Waals surface area (Å²) in [7, 11) is 0. The molecule has 0 aliphatic carbocycles. The molecule has 1 unspecified atom stereocenters. The van der Waals surface area contributed by atoms with Crippen molar-refractivity contribution in [2.24, 2.45) is 5.84 Å². The third-order valence-corrected chi connectivity index (χ3v) is 2.59. The Labute approximate surface area is 99.7 Å². The van der Waals surface area contributed by atoms with Crippen LogP contribution < -0.4 is 11.3 Å². The van der Waals surface area contributed by atoms with Crippen LogP contribution in [0.1, 0.15) is 24.9 Å². The van der Waals surface area contributed by atoms with E-state index < -0.39 is 5.82 Å². The molecule has 5 heteroatoms. The van der Waals surface area contributed by atoms with Gasteiger partial charge in [-0.1, -0.05) is 30.7 Å². The van der Waals surface area contributed by atoms with Crippen LogP contribution in [-0.4, -0.2) is 13.2 Å². The standard InChI is InChI=1S/C11H16ClFN2O/c1-2-6-16-7-10(15-14)8-4-3-5-9(13)11(8)12/h3-5,10,15H,2,6-7,14H2,1H3. The maximum atomic E-state index is 13.2. The van der Waals surface area contributed by atoms with Crippen molar-refractivity contribution in [2.45, 2.75) is 19.4 Å². The number of hydrogen-bond donors (Lipinski definition) is 2. The Morgan fingerprint density at radius 1 is 1.56 bits per heavy atom. The smallest absolute Gasteiger partial charge is 0.142 e. The molecule has 3 N–H and O–H groups in total. The summed E-state index contributed by atoms with van der Waals surface area (Å²) in [6.07, 6.45) is 0.925. The van der Waals surface area contributed by atoms with Gasteiger partial charge >= 0.3 is 0 Å². The number of rotatable bonds is 6. The fraction of sp³-hybridized carbons (Fsp3) is 0.455. The van der Waals surface area contributed by atoms with Gasteiger partial charge in [0, 0.05) is 6.61 Å². The second-order valence-electron chi connectivity index (χ2n) is 3.44.